The second kappa shape index (κ2) is 9.85. The first-order valence-electron chi connectivity index (χ1n) is 9.11. The smallest absolute Gasteiger partial charge is 0.243 e. The van der Waals surface area contributed by atoms with Crippen LogP contribution in [-0.2, 0) is 4.79 Å². The summed E-state index contributed by atoms with van der Waals surface area (Å²) >= 11 is 6.01. The number of aromatic nitrogens is 1. The van der Waals surface area contributed by atoms with Crippen molar-refractivity contribution >= 4 is 40.2 Å². The van der Waals surface area contributed by atoms with Gasteiger partial charge in [0, 0.05) is 41.5 Å². The predicted molar refractivity (Wildman–Crippen MR) is 113 cm³/mol. The highest BCUT2D eigenvalue weighted by atomic mass is 35.5. The summed E-state index contributed by atoms with van der Waals surface area (Å²) in [6.07, 6.45) is 6.66. The minimum absolute atomic E-state index is 0.158. The highest BCUT2D eigenvalue weighted by Crippen LogP contribution is 2.24. The number of rotatable bonds is 8. The first kappa shape index (κ1) is 19.8. The van der Waals surface area contributed by atoms with Crippen molar-refractivity contribution < 1.29 is 9.18 Å². The molecule has 2 aromatic carbocycles. The predicted octanol–water partition coefficient (Wildman–Crippen LogP) is 5.05. The molecule has 0 saturated carbocycles. The first-order chi connectivity index (χ1) is 13.6. The van der Waals surface area contributed by atoms with E-state index in [1.165, 1.54) is 18.2 Å². The quantitative estimate of drug-likeness (QED) is 0.413. The molecule has 6 heteroatoms. The maximum absolute atomic E-state index is 12.8. The Hall–Kier alpha value is -2.92. The summed E-state index contributed by atoms with van der Waals surface area (Å²) in [5.41, 5.74) is 2.66. The molecule has 0 bridgehead atoms. The number of unbranched alkanes of at least 4 members (excludes halogenated alkanes) is 1. The van der Waals surface area contributed by atoms with Crippen LogP contribution in [0, 0.1) is 5.82 Å². The number of nitrogens with zero attached hydrogens (tertiary/aromatic N) is 1. The monoisotopic (exact) mass is 397 g/mol. The molecular weight excluding hydrogens is 377 g/mol. The van der Waals surface area contributed by atoms with E-state index in [1.54, 1.807) is 24.4 Å². The largest absolute Gasteiger partial charge is 0.384 e. The number of hydrogen-bond donors (Lipinski definition) is 2. The highest BCUT2D eigenvalue weighted by Gasteiger charge is 2.02. The molecule has 3 rings (SSSR count). The summed E-state index contributed by atoms with van der Waals surface area (Å²) in [4.78, 5) is 16.1. The first-order valence-corrected chi connectivity index (χ1v) is 9.49. The van der Waals surface area contributed by atoms with Crippen molar-refractivity contribution in [2.45, 2.75) is 12.8 Å². The average molecular weight is 398 g/mol. The number of nitrogens with one attached hydrogen (secondary N) is 2. The van der Waals surface area contributed by atoms with Crippen LogP contribution >= 0.6 is 11.6 Å². The lowest BCUT2D eigenvalue weighted by atomic mass is 10.2. The lowest BCUT2D eigenvalue weighted by molar-refractivity contribution is -0.116. The topological polar surface area (TPSA) is 54.0 Å². The van der Waals surface area contributed by atoms with E-state index >= 15 is 0 Å². The van der Waals surface area contributed by atoms with Crippen LogP contribution in [0.3, 0.4) is 0 Å². The molecule has 0 aliphatic carbocycles. The molecule has 0 saturated heterocycles. The zero-order chi connectivity index (χ0) is 19.8. The van der Waals surface area contributed by atoms with Crippen LogP contribution in [0.1, 0.15) is 18.4 Å². The van der Waals surface area contributed by atoms with Crippen molar-refractivity contribution in [3.8, 4) is 0 Å². The molecule has 0 aliphatic rings. The summed E-state index contributed by atoms with van der Waals surface area (Å²) in [6.45, 7) is 1.39. The van der Waals surface area contributed by atoms with Gasteiger partial charge in [-0.2, -0.15) is 0 Å². The molecule has 1 amide bonds. The van der Waals surface area contributed by atoms with Crippen LogP contribution in [0.15, 0.2) is 60.8 Å². The molecule has 0 unspecified atom stereocenters. The molecule has 0 aliphatic heterocycles. The van der Waals surface area contributed by atoms with Crippen LogP contribution < -0.4 is 10.6 Å². The summed E-state index contributed by atoms with van der Waals surface area (Å²) in [6, 6.07) is 13.6. The van der Waals surface area contributed by atoms with Crippen LogP contribution in [0.2, 0.25) is 5.02 Å². The number of hydrogen-bond acceptors (Lipinski definition) is 3. The van der Waals surface area contributed by atoms with E-state index in [1.807, 2.05) is 24.3 Å². The van der Waals surface area contributed by atoms with E-state index in [-0.39, 0.29) is 11.7 Å². The molecular formula is C22H21ClFN3O. The number of halogens is 2. The Balaban J connectivity index is 1.37. The van der Waals surface area contributed by atoms with Crippen molar-refractivity contribution in [1.82, 2.24) is 10.3 Å². The second-order valence-electron chi connectivity index (χ2n) is 6.33. The molecule has 28 heavy (non-hydrogen) atoms. The number of fused-ring (bicyclic) bond motifs is 1. The summed E-state index contributed by atoms with van der Waals surface area (Å²) < 4.78 is 12.8. The van der Waals surface area contributed by atoms with Gasteiger partial charge in [-0.1, -0.05) is 23.7 Å². The number of benzene rings is 2. The lowest BCUT2D eigenvalue weighted by Gasteiger charge is -2.09. The van der Waals surface area contributed by atoms with Crippen molar-refractivity contribution in [2.24, 2.45) is 0 Å². The summed E-state index contributed by atoms with van der Waals surface area (Å²) in [7, 11) is 0. The second-order valence-corrected chi connectivity index (χ2v) is 6.77. The third kappa shape index (κ3) is 5.79. The van der Waals surface area contributed by atoms with E-state index in [9.17, 15) is 9.18 Å². The Bertz CT molecular complexity index is 973. The fourth-order valence-corrected chi connectivity index (χ4v) is 2.93. The third-order valence-electron chi connectivity index (χ3n) is 4.22. The number of pyridine rings is 1. The van der Waals surface area contributed by atoms with Crippen molar-refractivity contribution in [3.63, 3.8) is 0 Å². The van der Waals surface area contributed by atoms with Crippen molar-refractivity contribution in [2.75, 3.05) is 18.4 Å². The maximum Gasteiger partial charge on any atom is 0.243 e. The summed E-state index contributed by atoms with van der Waals surface area (Å²) in [5.74, 6) is -0.451. The zero-order valence-electron chi connectivity index (χ0n) is 15.3. The average Bonchev–Trinajstić information content (AvgIpc) is 2.70. The van der Waals surface area contributed by atoms with Gasteiger partial charge in [-0.3, -0.25) is 9.78 Å². The number of amides is 1. The molecule has 0 atom stereocenters. The Morgan fingerprint density at radius 3 is 2.68 bits per heavy atom. The Kier molecular flexibility index (Phi) is 6.98. The molecule has 3 aromatic rings. The van der Waals surface area contributed by atoms with Crippen molar-refractivity contribution in [3.05, 3.63) is 77.2 Å². The minimum Gasteiger partial charge on any atom is -0.384 e. The standard InChI is InChI=1S/C22H21ClFN3O/c23-17-6-9-19-20(11-14-26-21(19)15-17)25-12-1-2-13-27-22(28)10-5-16-3-7-18(24)8-4-16/h3-11,14-15H,1-2,12-13H2,(H,25,26)(H,27,28)/b10-5+. The SMILES string of the molecule is O=C(/C=C/c1ccc(F)cc1)NCCCCNc1ccnc2cc(Cl)ccc12. The molecule has 0 radical (unpaired) electrons. The van der Waals surface area contributed by atoms with Gasteiger partial charge >= 0.3 is 0 Å². The van der Waals surface area contributed by atoms with E-state index in [0.29, 0.717) is 11.6 Å². The minimum atomic E-state index is -0.293. The van der Waals surface area contributed by atoms with Gasteiger partial charge in [0.2, 0.25) is 5.91 Å². The van der Waals surface area contributed by atoms with Crippen LogP contribution in [0.25, 0.3) is 17.0 Å². The van der Waals surface area contributed by atoms with E-state index < -0.39 is 0 Å². The van der Waals surface area contributed by atoms with Gasteiger partial charge in [0.15, 0.2) is 0 Å². The Morgan fingerprint density at radius 2 is 1.86 bits per heavy atom. The van der Waals surface area contributed by atoms with Crippen molar-refractivity contribution in [1.29, 1.82) is 0 Å². The highest BCUT2D eigenvalue weighted by molar-refractivity contribution is 6.31. The van der Waals surface area contributed by atoms with Crippen LogP contribution in [0.5, 0.6) is 0 Å². The van der Waals surface area contributed by atoms with Gasteiger partial charge in [-0.25, -0.2) is 4.39 Å². The van der Waals surface area contributed by atoms with E-state index in [0.717, 1.165) is 41.5 Å². The fraction of sp³-hybridized carbons (Fsp3) is 0.182. The molecule has 144 valence electrons. The summed E-state index contributed by atoms with van der Waals surface area (Å²) in [5, 5.41) is 7.95. The van der Waals surface area contributed by atoms with Crippen LogP contribution in [0.4, 0.5) is 10.1 Å². The normalized spacial score (nSPS) is 11.1. The lowest BCUT2D eigenvalue weighted by Crippen LogP contribution is -2.22. The van der Waals surface area contributed by atoms with E-state index in [2.05, 4.69) is 15.6 Å². The van der Waals surface area contributed by atoms with Gasteiger partial charge in [-0.15, -0.1) is 0 Å². The number of carbonyl (C=O) groups excluding carboxylic acids is 1. The fourth-order valence-electron chi connectivity index (χ4n) is 2.76. The molecule has 4 nitrogen and oxygen atoms in total. The Labute approximate surface area is 168 Å². The number of carbonyl (C=O) groups is 1. The van der Waals surface area contributed by atoms with E-state index in [4.69, 9.17) is 11.6 Å². The molecule has 0 fully saturated rings. The third-order valence-corrected chi connectivity index (χ3v) is 4.46. The zero-order valence-corrected chi connectivity index (χ0v) is 16.0. The number of anilines is 1. The van der Waals surface area contributed by atoms with Gasteiger partial charge < -0.3 is 10.6 Å². The Morgan fingerprint density at radius 1 is 1.07 bits per heavy atom. The van der Waals surface area contributed by atoms with Gasteiger partial charge in [0.1, 0.15) is 5.82 Å². The van der Waals surface area contributed by atoms with Gasteiger partial charge in [-0.05, 0) is 60.9 Å². The molecule has 1 heterocycles. The maximum atomic E-state index is 12.8. The molecule has 1 aromatic heterocycles. The molecule has 0 spiro atoms. The van der Waals surface area contributed by atoms with Crippen LogP contribution in [-0.4, -0.2) is 24.0 Å². The van der Waals surface area contributed by atoms with Gasteiger partial charge in [0.05, 0.1) is 5.52 Å². The van der Waals surface area contributed by atoms with Gasteiger partial charge in [0.25, 0.3) is 0 Å². The molecule has 2 N–H and O–H groups in total.